The van der Waals surface area contributed by atoms with Crippen LogP contribution in [0.25, 0.3) is 5.69 Å². The summed E-state index contributed by atoms with van der Waals surface area (Å²) < 4.78 is 2.11. The molecule has 0 saturated carbocycles. The maximum absolute atomic E-state index is 6.42. The summed E-state index contributed by atoms with van der Waals surface area (Å²) in [5.74, 6) is 0. The van der Waals surface area contributed by atoms with Crippen LogP contribution in [0.15, 0.2) is 53.8 Å². The van der Waals surface area contributed by atoms with E-state index in [0.29, 0.717) is 16.6 Å². The summed E-state index contributed by atoms with van der Waals surface area (Å²) in [4.78, 5) is 9.32. The lowest BCUT2D eigenvalue weighted by molar-refractivity contribution is 1.02. The van der Waals surface area contributed by atoms with Crippen LogP contribution >= 0.6 is 23.2 Å². The number of hydrogen-bond acceptors (Lipinski definition) is 2. The first-order chi connectivity index (χ1) is 11.7. The van der Waals surface area contributed by atoms with E-state index in [9.17, 15) is 0 Å². The van der Waals surface area contributed by atoms with Gasteiger partial charge in [0.05, 0.1) is 33.7 Å². The van der Waals surface area contributed by atoms with E-state index in [-0.39, 0.29) is 0 Å². The standard InChI is InChI=1S/C19H15Cl2N3/c1-2-13-6-5-12(10-22-13)19-17-4-3-9-24(17)16-8-7-15(20)18(21)14(16)11-23-19/h3-10H,2,11H2,1H3. The Balaban J connectivity index is 1.89. The second-order valence-electron chi connectivity index (χ2n) is 5.68. The minimum atomic E-state index is 0.487. The molecule has 0 N–H and O–H groups in total. The second kappa shape index (κ2) is 6.08. The van der Waals surface area contributed by atoms with Gasteiger partial charge in [-0.1, -0.05) is 30.1 Å². The molecule has 120 valence electrons. The Morgan fingerprint density at radius 2 is 2.00 bits per heavy atom. The van der Waals surface area contributed by atoms with Crippen molar-refractivity contribution in [2.75, 3.05) is 0 Å². The van der Waals surface area contributed by atoms with Gasteiger partial charge < -0.3 is 4.57 Å². The van der Waals surface area contributed by atoms with Gasteiger partial charge in [0.25, 0.3) is 0 Å². The van der Waals surface area contributed by atoms with Crippen molar-refractivity contribution in [1.29, 1.82) is 0 Å². The van der Waals surface area contributed by atoms with Gasteiger partial charge in [0.15, 0.2) is 0 Å². The quantitative estimate of drug-likeness (QED) is 0.629. The smallest absolute Gasteiger partial charge is 0.0906 e. The molecule has 2 aromatic heterocycles. The molecule has 0 bridgehead atoms. The molecule has 1 aliphatic heterocycles. The van der Waals surface area contributed by atoms with Crippen molar-refractivity contribution in [1.82, 2.24) is 9.55 Å². The van der Waals surface area contributed by atoms with Crippen molar-refractivity contribution >= 4 is 28.9 Å². The normalized spacial score (nSPS) is 13.0. The number of halogens is 2. The van der Waals surface area contributed by atoms with Gasteiger partial charge in [-0.15, -0.1) is 0 Å². The van der Waals surface area contributed by atoms with Gasteiger partial charge in [-0.25, -0.2) is 0 Å². The highest BCUT2D eigenvalue weighted by atomic mass is 35.5. The van der Waals surface area contributed by atoms with Gasteiger partial charge in [-0.2, -0.15) is 0 Å². The third kappa shape index (κ3) is 2.45. The number of benzene rings is 1. The lowest BCUT2D eigenvalue weighted by Crippen LogP contribution is -2.09. The number of aromatic nitrogens is 2. The highest BCUT2D eigenvalue weighted by Gasteiger charge is 2.21. The number of pyridine rings is 1. The Morgan fingerprint density at radius 3 is 2.75 bits per heavy atom. The monoisotopic (exact) mass is 355 g/mol. The Bertz CT molecular complexity index is 940. The van der Waals surface area contributed by atoms with Gasteiger partial charge in [0, 0.05) is 29.2 Å². The molecule has 0 spiro atoms. The fourth-order valence-corrected chi connectivity index (χ4v) is 3.39. The summed E-state index contributed by atoms with van der Waals surface area (Å²) in [5.41, 5.74) is 5.97. The molecule has 3 heterocycles. The molecular weight excluding hydrogens is 341 g/mol. The van der Waals surface area contributed by atoms with Gasteiger partial charge >= 0.3 is 0 Å². The molecule has 1 aromatic carbocycles. The Hall–Kier alpha value is -2.10. The molecule has 1 aliphatic rings. The van der Waals surface area contributed by atoms with Crippen LogP contribution in [0.3, 0.4) is 0 Å². The van der Waals surface area contributed by atoms with E-state index in [1.54, 1.807) is 0 Å². The van der Waals surface area contributed by atoms with Crippen LogP contribution in [-0.4, -0.2) is 15.3 Å². The molecule has 3 aromatic rings. The third-order valence-electron chi connectivity index (χ3n) is 4.28. The SMILES string of the molecule is CCc1ccc(C2=NCc3c(ccc(Cl)c3Cl)-n3cccc32)cn1. The van der Waals surface area contributed by atoms with E-state index < -0.39 is 0 Å². The highest BCUT2D eigenvalue weighted by molar-refractivity contribution is 6.42. The Morgan fingerprint density at radius 1 is 1.12 bits per heavy atom. The number of rotatable bonds is 2. The number of fused-ring (bicyclic) bond motifs is 3. The predicted molar refractivity (Wildman–Crippen MR) is 98.7 cm³/mol. The molecule has 0 unspecified atom stereocenters. The van der Waals surface area contributed by atoms with E-state index in [1.807, 2.05) is 36.7 Å². The number of hydrogen-bond donors (Lipinski definition) is 0. The molecule has 0 fully saturated rings. The van der Waals surface area contributed by atoms with Crippen molar-refractivity contribution in [2.24, 2.45) is 4.99 Å². The number of aryl methyl sites for hydroxylation is 1. The minimum absolute atomic E-state index is 0.487. The van der Waals surface area contributed by atoms with E-state index >= 15 is 0 Å². The maximum Gasteiger partial charge on any atom is 0.0906 e. The van der Waals surface area contributed by atoms with Crippen LogP contribution in [0.4, 0.5) is 0 Å². The summed E-state index contributed by atoms with van der Waals surface area (Å²) in [6.07, 6.45) is 4.83. The summed E-state index contributed by atoms with van der Waals surface area (Å²) in [6.45, 7) is 2.58. The summed E-state index contributed by atoms with van der Waals surface area (Å²) in [5, 5.41) is 1.12. The summed E-state index contributed by atoms with van der Waals surface area (Å²) >= 11 is 12.6. The van der Waals surface area contributed by atoms with Crippen LogP contribution in [0.1, 0.15) is 29.4 Å². The van der Waals surface area contributed by atoms with E-state index in [0.717, 1.165) is 40.3 Å². The van der Waals surface area contributed by atoms with E-state index in [4.69, 9.17) is 28.2 Å². The van der Waals surface area contributed by atoms with Gasteiger partial charge in [-0.05, 0) is 42.8 Å². The molecule has 4 rings (SSSR count). The number of nitrogens with zero attached hydrogens (tertiary/aromatic N) is 3. The van der Waals surface area contributed by atoms with Crippen LogP contribution in [0.2, 0.25) is 10.0 Å². The van der Waals surface area contributed by atoms with E-state index in [1.165, 1.54) is 0 Å². The van der Waals surface area contributed by atoms with Crippen molar-refractivity contribution in [2.45, 2.75) is 19.9 Å². The Labute approximate surface area is 150 Å². The van der Waals surface area contributed by atoms with Crippen molar-refractivity contribution in [3.05, 3.63) is 81.4 Å². The second-order valence-corrected chi connectivity index (χ2v) is 6.46. The van der Waals surface area contributed by atoms with Crippen LogP contribution < -0.4 is 0 Å². The highest BCUT2D eigenvalue weighted by Crippen LogP contribution is 2.34. The first kappa shape index (κ1) is 15.4. The van der Waals surface area contributed by atoms with Gasteiger partial charge in [-0.3, -0.25) is 9.98 Å². The van der Waals surface area contributed by atoms with Crippen LogP contribution in [0, 0.1) is 0 Å². The zero-order valence-corrected chi connectivity index (χ0v) is 14.6. The third-order valence-corrected chi connectivity index (χ3v) is 5.12. The number of aliphatic imine (C=N–C) groups is 1. The summed E-state index contributed by atoms with van der Waals surface area (Å²) in [7, 11) is 0. The predicted octanol–water partition coefficient (Wildman–Crippen LogP) is 5.09. The summed E-state index contributed by atoms with van der Waals surface area (Å²) in [6, 6.07) is 12.0. The fourth-order valence-electron chi connectivity index (χ4n) is 2.99. The molecule has 0 amide bonds. The molecule has 3 nitrogen and oxygen atoms in total. The Kier molecular flexibility index (Phi) is 3.91. The first-order valence-corrected chi connectivity index (χ1v) is 8.59. The molecular formula is C19H15Cl2N3. The zero-order chi connectivity index (χ0) is 16.7. The average molecular weight is 356 g/mol. The van der Waals surface area contributed by atoms with Crippen molar-refractivity contribution < 1.29 is 0 Å². The average Bonchev–Trinajstić information content (AvgIpc) is 3.02. The largest absolute Gasteiger partial charge is 0.315 e. The lowest BCUT2D eigenvalue weighted by atomic mass is 10.1. The van der Waals surface area contributed by atoms with Gasteiger partial charge in [0.2, 0.25) is 0 Å². The molecule has 0 atom stereocenters. The first-order valence-electron chi connectivity index (χ1n) is 7.83. The fraction of sp³-hybridized carbons (Fsp3) is 0.158. The maximum atomic E-state index is 6.42. The topological polar surface area (TPSA) is 30.2 Å². The molecule has 0 radical (unpaired) electrons. The molecule has 24 heavy (non-hydrogen) atoms. The zero-order valence-electron chi connectivity index (χ0n) is 13.1. The minimum Gasteiger partial charge on any atom is -0.315 e. The molecule has 5 heteroatoms. The van der Waals surface area contributed by atoms with Crippen LogP contribution in [0.5, 0.6) is 0 Å². The van der Waals surface area contributed by atoms with Crippen molar-refractivity contribution in [3.63, 3.8) is 0 Å². The van der Waals surface area contributed by atoms with E-state index in [2.05, 4.69) is 28.6 Å². The van der Waals surface area contributed by atoms with Crippen LogP contribution in [-0.2, 0) is 13.0 Å². The van der Waals surface area contributed by atoms with Gasteiger partial charge in [0.1, 0.15) is 0 Å². The molecule has 0 aliphatic carbocycles. The lowest BCUT2D eigenvalue weighted by Gasteiger charge is -2.12. The molecule has 0 saturated heterocycles. The van der Waals surface area contributed by atoms with Crippen molar-refractivity contribution in [3.8, 4) is 5.69 Å².